The molecule has 0 bridgehead atoms. The van der Waals surface area contributed by atoms with Gasteiger partial charge < -0.3 is 15.4 Å². The maximum absolute atomic E-state index is 12.1. The second-order valence-electron chi connectivity index (χ2n) is 5.83. The molecule has 3 N–H and O–H groups in total. The summed E-state index contributed by atoms with van der Waals surface area (Å²) < 4.78 is 5.46. The number of benzene rings is 1. The monoisotopic (exact) mass is 360 g/mol. The Morgan fingerprint density at radius 1 is 1.36 bits per heavy atom. The van der Waals surface area contributed by atoms with E-state index in [1.165, 1.54) is 11.3 Å². The molecule has 7 nitrogen and oxygen atoms in total. The number of thiazole rings is 1. The molecule has 8 heteroatoms. The van der Waals surface area contributed by atoms with E-state index in [1.807, 2.05) is 25.1 Å². The Hall–Kier alpha value is -2.45. The van der Waals surface area contributed by atoms with E-state index >= 15 is 0 Å². The molecule has 25 heavy (non-hydrogen) atoms. The van der Waals surface area contributed by atoms with Gasteiger partial charge in [0.2, 0.25) is 0 Å². The standard InChI is InChI=1S/C17H20N4O3S/c1-11-4-2-5-12(8-11)19-16(23)21-17-20-14(10-25-17)15(22)18-9-13-6-3-7-24-13/h2,4-5,8,10,13H,3,6-7,9H2,1H3,(H,18,22)(H2,19,20,21,23). The average molecular weight is 360 g/mol. The molecule has 1 aliphatic heterocycles. The predicted octanol–water partition coefficient (Wildman–Crippen LogP) is 3.00. The van der Waals surface area contributed by atoms with Gasteiger partial charge in [0.05, 0.1) is 6.10 Å². The van der Waals surface area contributed by atoms with E-state index in [0.717, 1.165) is 25.0 Å². The van der Waals surface area contributed by atoms with Crippen LogP contribution in [-0.2, 0) is 4.74 Å². The first-order chi connectivity index (χ1) is 12.1. The van der Waals surface area contributed by atoms with Gasteiger partial charge in [-0.25, -0.2) is 9.78 Å². The summed E-state index contributed by atoms with van der Waals surface area (Å²) in [7, 11) is 0. The zero-order valence-corrected chi connectivity index (χ0v) is 14.7. The van der Waals surface area contributed by atoms with Crippen molar-refractivity contribution >= 4 is 34.1 Å². The largest absolute Gasteiger partial charge is 0.376 e. The Bertz CT molecular complexity index is 756. The molecule has 2 heterocycles. The Morgan fingerprint density at radius 3 is 3.00 bits per heavy atom. The molecule has 3 rings (SSSR count). The van der Waals surface area contributed by atoms with Crippen molar-refractivity contribution in [1.82, 2.24) is 10.3 Å². The Labute approximate surface area is 149 Å². The number of nitrogens with one attached hydrogen (secondary N) is 3. The fourth-order valence-corrected chi connectivity index (χ4v) is 3.21. The van der Waals surface area contributed by atoms with Gasteiger partial charge in [0.1, 0.15) is 5.69 Å². The van der Waals surface area contributed by atoms with Crippen LogP contribution in [0.5, 0.6) is 0 Å². The number of aryl methyl sites for hydroxylation is 1. The quantitative estimate of drug-likeness (QED) is 0.764. The van der Waals surface area contributed by atoms with E-state index in [0.29, 0.717) is 17.4 Å². The van der Waals surface area contributed by atoms with Gasteiger partial charge in [0.15, 0.2) is 5.13 Å². The van der Waals surface area contributed by atoms with Gasteiger partial charge in [-0.05, 0) is 37.5 Å². The number of aromatic nitrogens is 1. The number of urea groups is 1. The number of nitrogens with zero attached hydrogens (tertiary/aromatic N) is 1. The number of carbonyl (C=O) groups is 2. The summed E-state index contributed by atoms with van der Waals surface area (Å²) in [5, 5.41) is 10.2. The number of carbonyl (C=O) groups excluding carboxylic acids is 2. The second kappa shape index (κ2) is 8.09. The van der Waals surface area contributed by atoms with Crippen LogP contribution in [0.4, 0.5) is 15.6 Å². The molecular weight excluding hydrogens is 340 g/mol. The van der Waals surface area contributed by atoms with Crippen LogP contribution in [0.15, 0.2) is 29.6 Å². The molecule has 2 aromatic rings. The third-order valence-electron chi connectivity index (χ3n) is 3.75. The molecule has 132 valence electrons. The third kappa shape index (κ3) is 5.01. The highest BCUT2D eigenvalue weighted by Crippen LogP contribution is 2.17. The van der Waals surface area contributed by atoms with E-state index in [2.05, 4.69) is 20.9 Å². The lowest BCUT2D eigenvalue weighted by Gasteiger charge is -2.09. The normalized spacial score (nSPS) is 16.4. The van der Waals surface area contributed by atoms with Crippen LogP contribution in [0, 0.1) is 6.92 Å². The van der Waals surface area contributed by atoms with Crippen molar-refractivity contribution in [3.63, 3.8) is 0 Å². The zero-order chi connectivity index (χ0) is 17.6. The first kappa shape index (κ1) is 17.4. The van der Waals surface area contributed by atoms with E-state index in [1.54, 1.807) is 11.4 Å². The fourth-order valence-electron chi connectivity index (χ4n) is 2.52. The van der Waals surface area contributed by atoms with Gasteiger partial charge in [-0.2, -0.15) is 0 Å². The minimum absolute atomic E-state index is 0.0836. The number of rotatable bonds is 5. The van der Waals surface area contributed by atoms with Gasteiger partial charge in [0.25, 0.3) is 5.91 Å². The molecular formula is C17H20N4O3S. The SMILES string of the molecule is Cc1cccc(NC(=O)Nc2nc(C(=O)NCC3CCCO3)cs2)c1. The first-order valence-corrected chi connectivity index (χ1v) is 8.98. The summed E-state index contributed by atoms with van der Waals surface area (Å²) in [4.78, 5) is 28.2. The average Bonchev–Trinajstić information content (AvgIpc) is 3.24. The molecule has 1 saturated heterocycles. The van der Waals surface area contributed by atoms with Crippen molar-refractivity contribution in [2.24, 2.45) is 0 Å². The van der Waals surface area contributed by atoms with E-state index in [9.17, 15) is 9.59 Å². The fraction of sp³-hybridized carbons (Fsp3) is 0.353. The summed E-state index contributed by atoms with van der Waals surface area (Å²) in [6.07, 6.45) is 2.07. The molecule has 1 fully saturated rings. The minimum Gasteiger partial charge on any atom is -0.376 e. The van der Waals surface area contributed by atoms with Crippen LogP contribution in [0.1, 0.15) is 28.9 Å². The maximum Gasteiger partial charge on any atom is 0.325 e. The molecule has 1 aliphatic rings. The van der Waals surface area contributed by atoms with E-state index < -0.39 is 6.03 Å². The maximum atomic E-state index is 12.1. The first-order valence-electron chi connectivity index (χ1n) is 8.10. The van der Waals surface area contributed by atoms with Crippen LogP contribution in [0.2, 0.25) is 0 Å². The number of amides is 3. The Balaban J connectivity index is 1.50. The van der Waals surface area contributed by atoms with Crippen LogP contribution in [-0.4, -0.2) is 36.2 Å². The second-order valence-corrected chi connectivity index (χ2v) is 6.69. The number of anilines is 2. The summed E-state index contributed by atoms with van der Waals surface area (Å²) in [6, 6.07) is 7.09. The Morgan fingerprint density at radius 2 is 2.24 bits per heavy atom. The lowest BCUT2D eigenvalue weighted by molar-refractivity contribution is 0.0854. The lowest BCUT2D eigenvalue weighted by Crippen LogP contribution is -2.32. The highest BCUT2D eigenvalue weighted by Gasteiger charge is 2.18. The van der Waals surface area contributed by atoms with Gasteiger partial charge >= 0.3 is 6.03 Å². The van der Waals surface area contributed by atoms with Crippen molar-refractivity contribution in [1.29, 1.82) is 0 Å². The minimum atomic E-state index is -0.397. The molecule has 0 aliphatic carbocycles. The Kier molecular flexibility index (Phi) is 5.62. The van der Waals surface area contributed by atoms with E-state index in [-0.39, 0.29) is 17.7 Å². The smallest absolute Gasteiger partial charge is 0.325 e. The van der Waals surface area contributed by atoms with Crippen LogP contribution in [0.25, 0.3) is 0 Å². The van der Waals surface area contributed by atoms with Crippen molar-refractivity contribution in [2.45, 2.75) is 25.9 Å². The predicted molar refractivity (Wildman–Crippen MR) is 97.2 cm³/mol. The highest BCUT2D eigenvalue weighted by molar-refractivity contribution is 7.14. The summed E-state index contributed by atoms with van der Waals surface area (Å²) >= 11 is 1.20. The molecule has 1 aromatic heterocycles. The number of hydrogen-bond donors (Lipinski definition) is 3. The van der Waals surface area contributed by atoms with Gasteiger partial charge in [-0.15, -0.1) is 11.3 Å². The van der Waals surface area contributed by atoms with Crippen LogP contribution in [0.3, 0.4) is 0 Å². The van der Waals surface area contributed by atoms with Crippen LogP contribution < -0.4 is 16.0 Å². The molecule has 0 saturated carbocycles. The van der Waals surface area contributed by atoms with E-state index in [4.69, 9.17) is 4.74 Å². The molecule has 3 amide bonds. The molecule has 0 spiro atoms. The number of hydrogen-bond acceptors (Lipinski definition) is 5. The summed E-state index contributed by atoms with van der Waals surface area (Å²) in [5.41, 5.74) is 2.04. The summed E-state index contributed by atoms with van der Waals surface area (Å²) in [5.74, 6) is -0.265. The molecule has 1 aromatic carbocycles. The van der Waals surface area contributed by atoms with Gasteiger partial charge in [-0.3, -0.25) is 10.1 Å². The van der Waals surface area contributed by atoms with Crippen molar-refractivity contribution < 1.29 is 14.3 Å². The summed E-state index contributed by atoms with van der Waals surface area (Å²) in [6.45, 7) is 3.18. The number of ether oxygens (including phenoxy) is 1. The molecule has 1 atom stereocenters. The molecule has 1 unspecified atom stereocenters. The van der Waals surface area contributed by atoms with Gasteiger partial charge in [-0.1, -0.05) is 12.1 Å². The third-order valence-corrected chi connectivity index (χ3v) is 4.51. The lowest BCUT2D eigenvalue weighted by atomic mass is 10.2. The highest BCUT2D eigenvalue weighted by atomic mass is 32.1. The van der Waals surface area contributed by atoms with Gasteiger partial charge in [0, 0.05) is 24.2 Å². The topological polar surface area (TPSA) is 92.4 Å². The van der Waals surface area contributed by atoms with Crippen LogP contribution >= 0.6 is 11.3 Å². The van der Waals surface area contributed by atoms with Crippen molar-refractivity contribution in [2.75, 3.05) is 23.8 Å². The zero-order valence-electron chi connectivity index (χ0n) is 13.9. The van der Waals surface area contributed by atoms with Crippen molar-refractivity contribution in [3.8, 4) is 0 Å². The molecule has 0 radical (unpaired) electrons. The van der Waals surface area contributed by atoms with Crippen molar-refractivity contribution in [3.05, 3.63) is 40.9 Å².